The van der Waals surface area contributed by atoms with Gasteiger partial charge in [0.25, 0.3) is 0 Å². The number of ether oxygens (including phenoxy) is 2. The van der Waals surface area contributed by atoms with Crippen molar-refractivity contribution < 1.29 is 27.0 Å². The number of hydrogen-bond acceptors (Lipinski definition) is 2. The highest BCUT2D eigenvalue weighted by molar-refractivity contribution is 5.71. The summed E-state index contributed by atoms with van der Waals surface area (Å²) in [6.45, 7) is 4.69. The Morgan fingerprint density at radius 3 is 2.06 bits per heavy atom. The molecule has 0 bridgehead atoms. The summed E-state index contributed by atoms with van der Waals surface area (Å²) in [5.41, 5.74) is 1.21. The largest absolute Gasteiger partial charge is 0.490 e. The van der Waals surface area contributed by atoms with Gasteiger partial charge in [-0.05, 0) is 55.4 Å². The molecule has 0 spiro atoms. The van der Waals surface area contributed by atoms with Gasteiger partial charge in [-0.15, -0.1) is 0 Å². The van der Waals surface area contributed by atoms with E-state index in [1.54, 1.807) is 30.3 Å². The Kier molecular flexibility index (Phi) is 7.91. The van der Waals surface area contributed by atoms with Gasteiger partial charge in [0.1, 0.15) is 0 Å². The van der Waals surface area contributed by atoms with Crippen molar-refractivity contribution in [2.24, 2.45) is 5.92 Å². The van der Waals surface area contributed by atoms with Crippen LogP contribution in [0.1, 0.15) is 44.8 Å². The van der Waals surface area contributed by atoms with Crippen LogP contribution in [0.3, 0.4) is 0 Å². The fourth-order valence-electron chi connectivity index (χ4n) is 4.26. The van der Waals surface area contributed by atoms with Crippen LogP contribution in [0.4, 0.5) is 17.6 Å². The number of rotatable bonds is 7. The Morgan fingerprint density at radius 2 is 1.46 bits per heavy atom. The average Bonchev–Trinajstić information content (AvgIpc) is 2.87. The molecule has 184 valence electrons. The summed E-state index contributed by atoms with van der Waals surface area (Å²) in [7, 11) is 0. The van der Waals surface area contributed by atoms with E-state index in [-0.39, 0.29) is 29.0 Å². The molecule has 2 nitrogen and oxygen atoms in total. The van der Waals surface area contributed by atoms with Crippen LogP contribution >= 0.6 is 0 Å². The average molecular weight is 485 g/mol. The first-order chi connectivity index (χ1) is 16.9. The minimum absolute atomic E-state index is 0.0560. The highest BCUT2D eigenvalue weighted by Gasteiger charge is 2.26. The highest BCUT2D eigenvalue weighted by atomic mass is 19.2. The monoisotopic (exact) mass is 484 g/mol. The summed E-state index contributed by atoms with van der Waals surface area (Å²) < 4.78 is 70.1. The molecule has 0 radical (unpaired) electrons. The summed E-state index contributed by atoms with van der Waals surface area (Å²) >= 11 is 0. The van der Waals surface area contributed by atoms with Crippen LogP contribution in [-0.4, -0.2) is 13.2 Å². The molecule has 35 heavy (non-hydrogen) atoms. The molecule has 4 rings (SSSR count). The zero-order chi connectivity index (χ0) is 24.9. The summed E-state index contributed by atoms with van der Waals surface area (Å²) in [5.74, 6) is -3.69. The van der Waals surface area contributed by atoms with Crippen LogP contribution in [-0.2, 0) is 4.74 Å². The molecule has 0 amide bonds. The summed E-state index contributed by atoms with van der Waals surface area (Å²) in [6, 6.07) is 12.1. The lowest BCUT2D eigenvalue weighted by Gasteiger charge is -2.27. The third-order valence-electron chi connectivity index (χ3n) is 6.29. The lowest BCUT2D eigenvalue weighted by atomic mass is 9.93. The van der Waals surface area contributed by atoms with Gasteiger partial charge in [0.2, 0.25) is 5.82 Å². The van der Waals surface area contributed by atoms with Crippen molar-refractivity contribution in [1.82, 2.24) is 0 Å². The van der Waals surface area contributed by atoms with Gasteiger partial charge >= 0.3 is 0 Å². The summed E-state index contributed by atoms with van der Waals surface area (Å²) in [6.07, 6.45) is 5.41. The van der Waals surface area contributed by atoms with Gasteiger partial charge in [-0.2, -0.15) is 4.39 Å². The molecule has 0 aliphatic carbocycles. The van der Waals surface area contributed by atoms with E-state index in [2.05, 4.69) is 6.92 Å². The highest BCUT2D eigenvalue weighted by Crippen LogP contribution is 2.36. The predicted octanol–water partition coefficient (Wildman–Crippen LogP) is 8.41. The van der Waals surface area contributed by atoms with E-state index in [9.17, 15) is 17.6 Å². The van der Waals surface area contributed by atoms with E-state index < -0.39 is 29.4 Å². The van der Waals surface area contributed by atoms with E-state index in [1.165, 1.54) is 18.2 Å². The molecule has 6 heteroatoms. The van der Waals surface area contributed by atoms with Crippen molar-refractivity contribution in [2.75, 3.05) is 13.2 Å². The molecule has 1 saturated heterocycles. The maximum atomic E-state index is 15.0. The molecule has 2 atom stereocenters. The molecule has 1 fully saturated rings. The van der Waals surface area contributed by atoms with E-state index in [0.29, 0.717) is 36.5 Å². The molecule has 3 aromatic carbocycles. The van der Waals surface area contributed by atoms with Crippen molar-refractivity contribution in [2.45, 2.75) is 39.2 Å². The molecule has 0 aromatic heterocycles. The minimum atomic E-state index is -1.06. The third kappa shape index (κ3) is 5.43. The van der Waals surface area contributed by atoms with Crippen molar-refractivity contribution in [3.05, 3.63) is 89.5 Å². The summed E-state index contributed by atoms with van der Waals surface area (Å²) in [4.78, 5) is 0. The molecular formula is C29H28F4O2. The third-order valence-corrected chi connectivity index (χ3v) is 6.29. The molecule has 0 N–H and O–H groups in total. The molecule has 3 aromatic rings. The number of allylic oxidation sites excluding steroid dienone is 1. The van der Waals surface area contributed by atoms with Gasteiger partial charge < -0.3 is 9.47 Å². The zero-order valence-corrected chi connectivity index (χ0v) is 19.8. The second kappa shape index (κ2) is 11.1. The lowest BCUT2D eigenvalue weighted by molar-refractivity contribution is -0.0144. The fourth-order valence-corrected chi connectivity index (χ4v) is 4.26. The van der Waals surface area contributed by atoms with Crippen molar-refractivity contribution >= 4 is 0 Å². The molecule has 1 aliphatic rings. The number of benzene rings is 3. The normalized spacial score (nSPS) is 18.2. The Morgan fingerprint density at radius 1 is 0.829 bits per heavy atom. The molecule has 2 unspecified atom stereocenters. The van der Waals surface area contributed by atoms with Crippen LogP contribution in [0.25, 0.3) is 22.3 Å². The van der Waals surface area contributed by atoms with Gasteiger partial charge in [-0.3, -0.25) is 0 Å². The van der Waals surface area contributed by atoms with Crippen LogP contribution < -0.4 is 4.74 Å². The number of hydrogen-bond donors (Lipinski definition) is 0. The topological polar surface area (TPSA) is 18.5 Å². The predicted molar refractivity (Wildman–Crippen MR) is 129 cm³/mol. The summed E-state index contributed by atoms with van der Waals surface area (Å²) in [5, 5.41) is 0. The van der Waals surface area contributed by atoms with Gasteiger partial charge in [0, 0.05) is 23.3 Å². The van der Waals surface area contributed by atoms with Gasteiger partial charge in [0.05, 0.1) is 12.7 Å². The van der Waals surface area contributed by atoms with Gasteiger partial charge in [0.15, 0.2) is 23.2 Å². The fraction of sp³-hybridized carbons (Fsp3) is 0.310. The van der Waals surface area contributed by atoms with Crippen molar-refractivity contribution in [3.8, 4) is 28.0 Å². The Hall–Kier alpha value is -3.12. The van der Waals surface area contributed by atoms with Gasteiger partial charge in [-0.1, -0.05) is 55.5 Å². The standard InChI is InChI=1S/C29H28F4O2/c1-3-4-5-16-34-25-15-13-22(27(31)29(25)33)20-9-7-19(8-10-20)21-11-12-23(28(32)26(21)30)24-14-6-18(2)17-35-24/h3-4,7-13,15,18,24H,5-6,14,16-17H2,1-2H3/b4-3-. The van der Waals surface area contributed by atoms with E-state index in [0.717, 1.165) is 6.42 Å². The SMILES string of the molecule is C/C=C\CCOc1ccc(-c2ccc(-c3ccc(C4CCC(C)CO4)c(F)c3F)cc2)c(F)c1F. The van der Waals surface area contributed by atoms with Crippen molar-refractivity contribution in [1.29, 1.82) is 0 Å². The van der Waals surface area contributed by atoms with Crippen LogP contribution in [0.2, 0.25) is 0 Å². The maximum absolute atomic E-state index is 15.0. The first-order valence-electron chi connectivity index (χ1n) is 11.8. The Balaban J connectivity index is 1.54. The molecule has 1 aliphatic heterocycles. The Bertz CT molecular complexity index is 1200. The minimum Gasteiger partial charge on any atom is -0.490 e. The molecule has 0 saturated carbocycles. The van der Waals surface area contributed by atoms with Crippen LogP contribution in [0.5, 0.6) is 5.75 Å². The molecule has 1 heterocycles. The second-order valence-electron chi connectivity index (χ2n) is 8.86. The molecular weight excluding hydrogens is 456 g/mol. The van der Waals surface area contributed by atoms with Crippen molar-refractivity contribution in [3.63, 3.8) is 0 Å². The lowest BCUT2D eigenvalue weighted by Crippen LogP contribution is -2.19. The first kappa shape index (κ1) is 25.0. The van der Waals surface area contributed by atoms with E-state index in [4.69, 9.17) is 9.47 Å². The first-order valence-corrected chi connectivity index (χ1v) is 11.8. The maximum Gasteiger partial charge on any atom is 0.201 e. The zero-order valence-electron chi connectivity index (χ0n) is 19.8. The van der Waals surface area contributed by atoms with E-state index >= 15 is 0 Å². The quantitative estimate of drug-likeness (QED) is 0.190. The smallest absolute Gasteiger partial charge is 0.201 e. The van der Waals surface area contributed by atoms with Crippen LogP contribution in [0.15, 0.2) is 60.7 Å². The second-order valence-corrected chi connectivity index (χ2v) is 8.86. The van der Waals surface area contributed by atoms with Crippen LogP contribution in [0, 0.1) is 29.2 Å². The van der Waals surface area contributed by atoms with Gasteiger partial charge in [-0.25, -0.2) is 13.2 Å². The van der Waals surface area contributed by atoms with E-state index in [1.807, 2.05) is 19.1 Å². The number of halogens is 4. The Labute approximate surface area is 203 Å².